The summed E-state index contributed by atoms with van der Waals surface area (Å²) in [5.41, 5.74) is 0. The van der Waals surface area contributed by atoms with Crippen LogP contribution in [-0.4, -0.2) is 24.5 Å². The van der Waals surface area contributed by atoms with Gasteiger partial charge in [-0.3, -0.25) is 4.79 Å². The summed E-state index contributed by atoms with van der Waals surface area (Å²) < 4.78 is 0. The minimum atomic E-state index is 0.0920. The predicted molar refractivity (Wildman–Crippen MR) is 51.4 cm³/mol. The largest absolute Gasteiger partial charge is 0.352 e. The van der Waals surface area contributed by atoms with Crippen LogP contribution in [-0.2, 0) is 4.79 Å². The smallest absolute Gasteiger partial charge is 0.237 e. The highest BCUT2D eigenvalue weighted by atomic mass is 16.2. The highest BCUT2D eigenvalue weighted by Crippen LogP contribution is 2.18. The van der Waals surface area contributed by atoms with Crippen molar-refractivity contribution in [3.63, 3.8) is 0 Å². The van der Waals surface area contributed by atoms with Crippen molar-refractivity contribution in [2.24, 2.45) is 0 Å². The third-order valence-corrected chi connectivity index (χ3v) is 3.08. The van der Waals surface area contributed by atoms with Crippen LogP contribution in [0, 0.1) is 0 Å². The fourth-order valence-corrected chi connectivity index (χ4v) is 1.93. The van der Waals surface area contributed by atoms with Gasteiger partial charge in [-0.15, -0.1) is 0 Å². The molecule has 0 bridgehead atoms. The van der Waals surface area contributed by atoms with E-state index in [0.717, 1.165) is 13.0 Å². The molecule has 3 heteroatoms. The van der Waals surface area contributed by atoms with Crippen LogP contribution in [0.4, 0.5) is 0 Å². The first-order valence-corrected chi connectivity index (χ1v) is 5.40. The van der Waals surface area contributed by atoms with Gasteiger partial charge in [0.25, 0.3) is 0 Å². The molecule has 0 radical (unpaired) electrons. The van der Waals surface area contributed by atoms with Crippen LogP contribution in [0.2, 0.25) is 0 Å². The second-order valence-corrected chi connectivity index (χ2v) is 4.14. The van der Waals surface area contributed by atoms with E-state index in [0.29, 0.717) is 6.04 Å². The number of amides is 1. The zero-order valence-corrected chi connectivity index (χ0v) is 8.01. The molecule has 2 aliphatic rings. The molecule has 0 aromatic carbocycles. The summed E-state index contributed by atoms with van der Waals surface area (Å²) in [4.78, 5) is 11.6. The molecule has 1 saturated heterocycles. The average molecular weight is 182 g/mol. The molecule has 1 aliphatic heterocycles. The predicted octanol–water partition coefficient (Wildman–Crippen LogP) is 0.797. The van der Waals surface area contributed by atoms with E-state index >= 15 is 0 Å². The summed E-state index contributed by atoms with van der Waals surface area (Å²) in [5, 5.41) is 6.34. The van der Waals surface area contributed by atoms with Gasteiger partial charge in [0.2, 0.25) is 5.91 Å². The van der Waals surface area contributed by atoms with E-state index in [9.17, 15) is 4.79 Å². The van der Waals surface area contributed by atoms with Gasteiger partial charge >= 0.3 is 0 Å². The van der Waals surface area contributed by atoms with E-state index in [-0.39, 0.29) is 11.9 Å². The van der Waals surface area contributed by atoms with Crippen LogP contribution in [0.3, 0.4) is 0 Å². The van der Waals surface area contributed by atoms with Crippen LogP contribution in [0.15, 0.2) is 0 Å². The monoisotopic (exact) mass is 182 g/mol. The fourth-order valence-electron chi connectivity index (χ4n) is 1.93. The number of piperidine rings is 1. The minimum Gasteiger partial charge on any atom is -0.352 e. The fraction of sp³-hybridized carbons (Fsp3) is 0.900. The van der Waals surface area contributed by atoms with Gasteiger partial charge < -0.3 is 10.6 Å². The molecule has 0 unspecified atom stereocenters. The number of nitrogens with one attached hydrogen (secondary N) is 2. The van der Waals surface area contributed by atoms with Crippen molar-refractivity contribution in [2.75, 3.05) is 6.54 Å². The van der Waals surface area contributed by atoms with Gasteiger partial charge in [0, 0.05) is 6.04 Å². The molecule has 1 heterocycles. The lowest BCUT2D eigenvalue weighted by Gasteiger charge is -2.30. The van der Waals surface area contributed by atoms with Crippen molar-refractivity contribution < 1.29 is 4.79 Å². The first kappa shape index (κ1) is 9.00. The summed E-state index contributed by atoms with van der Waals surface area (Å²) in [6.07, 6.45) is 7.06. The summed E-state index contributed by atoms with van der Waals surface area (Å²) in [6, 6.07) is 0.575. The summed E-state index contributed by atoms with van der Waals surface area (Å²) in [6.45, 7) is 1.00. The molecule has 3 nitrogen and oxygen atoms in total. The van der Waals surface area contributed by atoms with E-state index in [2.05, 4.69) is 10.6 Å². The Hall–Kier alpha value is -0.570. The Morgan fingerprint density at radius 2 is 2.00 bits per heavy atom. The van der Waals surface area contributed by atoms with Gasteiger partial charge in [0.15, 0.2) is 0 Å². The minimum absolute atomic E-state index is 0.0920. The molecular formula is C10H18N2O. The highest BCUT2D eigenvalue weighted by molar-refractivity contribution is 5.82. The van der Waals surface area contributed by atoms with Crippen LogP contribution >= 0.6 is 0 Å². The van der Waals surface area contributed by atoms with E-state index in [4.69, 9.17) is 0 Å². The average Bonchev–Trinajstić information content (AvgIpc) is 2.12. The quantitative estimate of drug-likeness (QED) is 0.663. The van der Waals surface area contributed by atoms with E-state index < -0.39 is 0 Å². The normalized spacial score (nSPS) is 29.4. The second-order valence-electron chi connectivity index (χ2n) is 4.14. The lowest BCUT2D eigenvalue weighted by Crippen LogP contribution is -2.51. The molecule has 2 N–H and O–H groups in total. The highest BCUT2D eigenvalue weighted by Gasteiger charge is 2.25. The van der Waals surface area contributed by atoms with Crippen LogP contribution in [0.5, 0.6) is 0 Å². The van der Waals surface area contributed by atoms with Gasteiger partial charge in [-0.25, -0.2) is 0 Å². The molecule has 1 atom stereocenters. The SMILES string of the molecule is O=C(NC1CCC1)[C@@H]1CCCCN1. The maximum absolute atomic E-state index is 11.6. The van der Waals surface area contributed by atoms with E-state index in [1.54, 1.807) is 0 Å². The molecule has 74 valence electrons. The Labute approximate surface area is 79.3 Å². The molecule has 0 spiro atoms. The molecule has 0 aromatic heterocycles. The third-order valence-electron chi connectivity index (χ3n) is 3.08. The van der Waals surface area contributed by atoms with E-state index in [1.165, 1.54) is 32.1 Å². The Kier molecular flexibility index (Phi) is 2.83. The Balaban J connectivity index is 1.74. The van der Waals surface area contributed by atoms with Gasteiger partial charge in [0.05, 0.1) is 6.04 Å². The number of carbonyl (C=O) groups is 1. The molecule has 2 rings (SSSR count). The van der Waals surface area contributed by atoms with E-state index in [1.807, 2.05) is 0 Å². The summed E-state index contributed by atoms with van der Waals surface area (Å²) >= 11 is 0. The lowest BCUT2D eigenvalue weighted by molar-refractivity contribution is -0.124. The van der Waals surface area contributed by atoms with Crippen molar-refractivity contribution in [1.29, 1.82) is 0 Å². The van der Waals surface area contributed by atoms with Gasteiger partial charge in [0.1, 0.15) is 0 Å². The molecule has 1 aliphatic carbocycles. The molecule has 2 fully saturated rings. The zero-order chi connectivity index (χ0) is 9.10. The van der Waals surface area contributed by atoms with Crippen molar-refractivity contribution >= 4 is 5.91 Å². The summed E-state index contributed by atoms with van der Waals surface area (Å²) in [7, 11) is 0. The van der Waals surface area contributed by atoms with Crippen LogP contribution in [0.1, 0.15) is 38.5 Å². The van der Waals surface area contributed by atoms with Gasteiger partial charge in [-0.2, -0.15) is 0 Å². The second kappa shape index (κ2) is 4.09. The lowest BCUT2D eigenvalue weighted by atomic mass is 9.92. The van der Waals surface area contributed by atoms with Crippen molar-refractivity contribution in [1.82, 2.24) is 10.6 Å². The zero-order valence-electron chi connectivity index (χ0n) is 8.01. The van der Waals surface area contributed by atoms with Crippen molar-refractivity contribution in [3.05, 3.63) is 0 Å². The van der Waals surface area contributed by atoms with Crippen molar-refractivity contribution in [2.45, 2.75) is 50.6 Å². The Bertz CT molecular complexity index is 183. The number of carbonyl (C=O) groups excluding carboxylic acids is 1. The number of rotatable bonds is 2. The van der Waals surface area contributed by atoms with Crippen LogP contribution < -0.4 is 10.6 Å². The Morgan fingerprint density at radius 1 is 1.15 bits per heavy atom. The third kappa shape index (κ3) is 2.21. The number of hydrogen-bond acceptors (Lipinski definition) is 2. The van der Waals surface area contributed by atoms with Crippen molar-refractivity contribution in [3.8, 4) is 0 Å². The number of hydrogen-bond donors (Lipinski definition) is 2. The first-order valence-electron chi connectivity index (χ1n) is 5.40. The Morgan fingerprint density at radius 3 is 2.54 bits per heavy atom. The standard InChI is InChI=1S/C10H18N2O/c13-10(12-8-4-3-5-8)9-6-1-2-7-11-9/h8-9,11H,1-7H2,(H,12,13)/t9-/m0/s1. The maximum atomic E-state index is 11.6. The first-order chi connectivity index (χ1) is 6.36. The summed E-state index contributed by atoms with van der Waals surface area (Å²) in [5.74, 6) is 0.226. The maximum Gasteiger partial charge on any atom is 0.237 e. The van der Waals surface area contributed by atoms with Gasteiger partial charge in [-0.05, 0) is 38.6 Å². The van der Waals surface area contributed by atoms with Crippen LogP contribution in [0.25, 0.3) is 0 Å². The molecule has 13 heavy (non-hydrogen) atoms. The molecular weight excluding hydrogens is 164 g/mol. The molecule has 0 aromatic rings. The molecule has 1 saturated carbocycles. The van der Waals surface area contributed by atoms with Gasteiger partial charge in [-0.1, -0.05) is 6.42 Å². The topological polar surface area (TPSA) is 41.1 Å². The molecule has 1 amide bonds.